The summed E-state index contributed by atoms with van der Waals surface area (Å²) >= 11 is 0. The molecular weight excluding hydrogens is 630 g/mol. The molecule has 2 aromatic carbocycles. The summed E-state index contributed by atoms with van der Waals surface area (Å²) in [5.41, 5.74) is 1.75. The number of hydrogen-bond acceptors (Lipinski definition) is 9. The van der Waals surface area contributed by atoms with Crippen LogP contribution in [0.5, 0.6) is 5.75 Å². The average Bonchev–Trinajstić information content (AvgIpc) is 3.57. The summed E-state index contributed by atoms with van der Waals surface area (Å²) in [5.74, 6) is -1.06. The number of nitrogens with zero attached hydrogens (tertiary/aromatic N) is 5. The number of aryl methyl sites for hydroxylation is 1. The highest BCUT2D eigenvalue weighted by Gasteiger charge is 2.37. The van der Waals surface area contributed by atoms with Gasteiger partial charge in [0.05, 0.1) is 36.4 Å². The van der Waals surface area contributed by atoms with Crippen LogP contribution < -0.4 is 15.4 Å². The number of aliphatic hydroxyl groups excluding tert-OH is 1. The van der Waals surface area contributed by atoms with Gasteiger partial charge in [-0.2, -0.15) is 23.3 Å². The highest BCUT2D eigenvalue weighted by Crippen LogP contribution is 2.42. The molecule has 0 spiro atoms. The number of aliphatic hydroxyl groups is 1. The molecule has 0 radical (unpaired) electrons. The third kappa shape index (κ3) is 7.31. The van der Waals surface area contributed by atoms with Gasteiger partial charge in [-0.1, -0.05) is 12.1 Å². The third-order valence-corrected chi connectivity index (χ3v) is 8.03. The van der Waals surface area contributed by atoms with E-state index >= 15 is 0 Å². The molecule has 4 aromatic rings. The topological polar surface area (TPSA) is 175 Å². The van der Waals surface area contributed by atoms with Crippen LogP contribution >= 0.6 is 7.60 Å². The van der Waals surface area contributed by atoms with Gasteiger partial charge in [-0.15, -0.1) is 0 Å². The lowest BCUT2D eigenvalue weighted by molar-refractivity contribution is -0.137. The van der Waals surface area contributed by atoms with Gasteiger partial charge in [0, 0.05) is 44.7 Å². The molecule has 1 aliphatic heterocycles. The van der Waals surface area contributed by atoms with Gasteiger partial charge in [0.25, 0.3) is 5.91 Å². The molecule has 0 aliphatic carbocycles. The van der Waals surface area contributed by atoms with Crippen molar-refractivity contribution in [3.05, 3.63) is 71.2 Å². The molecule has 13 nitrogen and oxygen atoms in total. The molecule has 46 heavy (non-hydrogen) atoms. The number of unbranched alkanes of at least 4 members (excludes halogenated alkanes) is 1. The number of carbonyl (C=O) groups is 1. The number of anilines is 4. The summed E-state index contributed by atoms with van der Waals surface area (Å²) in [7, 11) is -1.43. The predicted octanol–water partition coefficient (Wildman–Crippen LogP) is 4.89. The number of rotatable bonds is 12. The van der Waals surface area contributed by atoms with Crippen molar-refractivity contribution in [3.63, 3.8) is 0 Å². The molecule has 0 bridgehead atoms. The van der Waals surface area contributed by atoms with Crippen LogP contribution in [0.4, 0.5) is 36.3 Å². The second-order valence-corrected chi connectivity index (χ2v) is 12.3. The summed E-state index contributed by atoms with van der Waals surface area (Å²) < 4.78 is 60.7. The Morgan fingerprint density at radius 3 is 2.54 bits per heavy atom. The highest BCUT2D eigenvalue weighted by molar-refractivity contribution is 7.50. The number of amides is 1. The van der Waals surface area contributed by atoms with Crippen LogP contribution in [0.2, 0.25) is 0 Å². The zero-order valence-electron chi connectivity index (χ0n) is 24.7. The zero-order chi connectivity index (χ0) is 33.2. The van der Waals surface area contributed by atoms with E-state index in [9.17, 15) is 32.3 Å². The molecule has 244 valence electrons. The average molecular weight is 662 g/mol. The van der Waals surface area contributed by atoms with Crippen molar-refractivity contribution in [2.75, 3.05) is 31.4 Å². The molecule has 1 aliphatic rings. The van der Waals surface area contributed by atoms with Gasteiger partial charge in [-0.25, -0.2) is 4.98 Å². The molecule has 17 heteroatoms. The van der Waals surface area contributed by atoms with Crippen molar-refractivity contribution >= 4 is 36.6 Å². The van der Waals surface area contributed by atoms with Crippen LogP contribution in [-0.2, 0) is 30.0 Å². The first-order valence-electron chi connectivity index (χ1n) is 14.0. The minimum atomic E-state index is -4.84. The Hall–Kier alpha value is -4.50. The van der Waals surface area contributed by atoms with Crippen LogP contribution in [0.25, 0.3) is 11.1 Å². The molecule has 0 saturated heterocycles. The molecule has 5 N–H and O–H groups in total. The predicted molar refractivity (Wildman–Crippen MR) is 162 cm³/mol. The largest absolute Gasteiger partial charge is 0.495 e. The van der Waals surface area contributed by atoms with E-state index in [0.29, 0.717) is 30.3 Å². The Balaban J connectivity index is 1.49. The number of nitrogens with one attached hydrogen (secondary N) is 2. The van der Waals surface area contributed by atoms with E-state index in [4.69, 9.17) is 9.84 Å². The normalized spacial score (nSPS) is 13.2. The zero-order valence-corrected chi connectivity index (χ0v) is 25.6. The van der Waals surface area contributed by atoms with Crippen LogP contribution in [-0.4, -0.2) is 66.2 Å². The van der Waals surface area contributed by atoms with E-state index in [2.05, 4.69) is 25.7 Å². The van der Waals surface area contributed by atoms with E-state index in [1.807, 2.05) is 6.20 Å². The van der Waals surface area contributed by atoms with Crippen molar-refractivity contribution < 1.29 is 42.2 Å². The highest BCUT2D eigenvalue weighted by atomic mass is 31.2. The first-order chi connectivity index (χ1) is 21.8. The Labute approximate surface area is 261 Å². The van der Waals surface area contributed by atoms with Gasteiger partial charge in [0.15, 0.2) is 0 Å². The molecule has 1 amide bonds. The van der Waals surface area contributed by atoms with Crippen LogP contribution in [0, 0.1) is 0 Å². The van der Waals surface area contributed by atoms with Gasteiger partial charge < -0.3 is 35.2 Å². The monoisotopic (exact) mass is 661 g/mol. The van der Waals surface area contributed by atoms with Crippen molar-refractivity contribution in [2.24, 2.45) is 0 Å². The maximum atomic E-state index is 14.1. The van der Waals surface area contributed by atoms with Gasteiger partial charge in [-0.3, -0.25) is 14.0 Å². The Morgan fingerprint density at radius 1 is 1.09 bits per heavy atom. The van der Waals surface area contributed by atoms with Crippen LogP contribution in [0.1, 0.15) is 39.9 Å². The van der Waals surface area contributed by atoms with Gasteiger partial charge in [-0.05, 0) is 47.7 Å². The van der Waals surface area contributed by atoms with Crippen molar-refractivity contribution in [3.8, 4) is 16.9 Å². The summed E-state index contributed by atoms with van der Waals surface area (Å²) in [6.45, 7) is 0.901. The third-order valence-electron chi connectivity index (χ3n) is 7.26. The second-order valence-electron chi connectivity index (χ2n) is 10.7. The smallest absolute Gasteiger partial charge is 0.421 e. The molecule has 0 atom stereocenters. The van der Waals surface area contributed by atoms with Crippen molar-refractivity contribution in [1.82, 2.24) is 24.6 Å². The molecule has 0 fully saturated rings. The van der Waals surface area contributed by atoms with E-state index in [-0.39, 0.29) is 53.3 Å². The number of methoxy groups -OCH3 is 1. The number of alkyl halides is 3. The molecule has 5 rings (SSSR count). The molecule has 3 heterocycles. The quantitative estimate of drug-likeness (QED) is 0.103. The fourth-order valence-electron chi connectivity index (χ4n) is 5.11. The van der Waals surface area contributed by atoms with Crippen LogP contribution in [0.15, 0.2) is 48.9 Å². The molecule has 0 saturated carbocycles. The number of carbonyl (C=O) groups excluding carboxylic acids is 1. The van der Waals surface area contributed by atoms with Gasteiger partial charge in [0.1, 0.15) is 17.1 Å². The summed E-state index contributed by atoms with van der Waals surface area (Å²) in [5, 5.41) is 18.9. The number of ether oxygens (including phenoxy) is 1. The number of aromatic nitrogens is 4. The maximum absolute atomic E-state index is 14.1. The van der Waals surface area contributed by atoms with E-state index in [1.165, 1.54) is 36.3 Å². The fraction of sp³-hybridized carbons (Fsp3) is 0.310. The van der Waals surface area contributed by atoms with Gasteiger partial charge >= 0.3 is 13.8 Å². The second kappa shape index (κ2) is 13.1. The Bertz CT molecular complexity index is 1810. The van der Waals surface area contributed by atoms with E-state index < -0.39 is 31.3 Å². The van der Waals surface area contributed by atoms with E-state index in [1.54, 1.807) is 24.0 Å². The minimum absolute atomic E-state index is 0.0770. The minimum Gasteiger partial charge on any atom is -0.495 e. The molecular formula is C29H31F3N7O6P. The summed E-state index contributed by atoms with van der Waals surface area (Å²) in [6, 6.07) is 7.48. The lowest BCUT2D eigenvalue weighted by Crippen LogP contribution is -2.18. The summed E-state index contributed by atoms with van der Waals surface area (Å²) in [6.07, 6.45) is 0.0763. The van der Waals surface area contributed by atoms with E-state index in [0.717, 1.165) is 12.0 Å². The number of fused-ring (bicyclic) bond motifs is 1. The van der Waals surface area contributed by atoms with Gasteiger partial charge in [0.2, 0.25) is 5.95 Å². The lowest BCUT2D eigenvalue weighted by Gasteiger charge is -2.18. The maximum Gasteiger partial charge on any atom is 0.421 e. The summed E-state index contributed by atoms with van der Waals surface area (Å²) in [4.78, 5) is 41.2. The van der Waals surface area contributed by atoms with Crippen LogP contribution in [0.3, 0.4) is 0 Å². The Kier molecular flexibility index (Phi) is 9.35. The SMILES string of the molecule is COc1cc(CP(=O)(O)O)ccc1Nc1ncc(C(F)(F)F)c(Nc2ccc(-c3cnn(CCCCO)c3)c3c2C(=O)N(C)C3)n1. The fourth-order valence-corrected chi connectivity index (χ4v) is 5.78. The van der Waals surface area contributed by atoms with Crippen molar-refractivity contribution in [2.45, 2.75) is 38.3 Å². The number of benzene rings is 2. The lowest BCUT2D eigenvalue weighted by atomic mass is 9.97. The Morgan fingerprint density at radius 2 is 1.85 bits per heavy atom. The number of hydrogen-bond donors (Lipinski definition) is 5. The van der Waals surface area contributed by atoms with Crippen molar-refractivity contribution in [1.29, 1.82) is 0 Å². The molecule has 2 aromatic heterocycles. The standard InChI is InChI=1S/C29H31F3N7O6P/c1-38-15-20-19(18-12-34-39(14-18)9-3-4-10-40)6-8-23(25(20)27(38)41)35-26-21(29(30,31)32)13-33-28(37-26)36-22-7-5-17(11-24(22)45-2)16-46(42,43)44/h5-8,11-14,40H,3-4,9-10,15-16H2,1-2H3,(H2,42,43,44)(H2,33,35,36,37). The first kappa shape index (κ1) is 32.9. The molecule has 0 unspecified atom stereocenters. The number of halogens is 3. The first-order valence-corrected chi connectivity index (χ1v) is 15.8.